The lowest BCUT2D eigenvalue weighted by Gasteiger charge is -2.11. The van der Waals surface area contributed by atoms with Crippen LogP contribution >= 0.6 is 0 Å². The van der Waals surface area contributed by atoms with E-state index in [1.54, 1.807) is 11.6 Å². The Bertz CT molecular complexity index is 1320. The molecule has 5 nitrogen and oxygen atoms in total. The van der Waals surface area contributed by atoms with Crippen molar-refractivity contribution < 1.29 is 0 Å². The number of aromatic nitrogens is 3. The van der Waals surface area contributed by atoms with Crippen LogP contribution in [0.4, 0.5) is 0 Å². The third-order valence-electron chi connectivity index (χ3n) is 5.80. The molecule has 0 amide bonds. The van der Waals surface area contributed by atoms with Crippen molar-refractivity contribution in [1.29, 1.82) is 0 Å². The van der Waals surface area contributed by atoms with Crippen LogP contribution in [-0.2, 0) is 20.5 Å². The van der Waals surface area contributed by atoms with Gasteiger partial charge in [-0.3, -0.25) is 13.9 Å². The van der Waals surface area contributed by atoms with Gasteiger partial charge >= 0.3 is 5.69 Å². The summed E-state index contributed by atoms with van der Waals surface area (Å²) < 4.78 is 4.75. The quantitative estimate of drug-likeness (QED) is 0.499. The second-order valence-corrected chi connectivity index (χ2v) is 7.95. The zero-order chi connectivity index (χ0) is 21.4. The van der Waals surface area contributed by atoms with Crippen LogP contribution in [0.2, 0.25) is 0 Å². The van der Waals surface area contributed by atoms with E-state index in [4.69, 9.17) is 0 Å². The highest BCUT2D eigenvalue weighted by molar-refractivity contribution is 5.94. The zero-order valence-corrected chi connectivity index (χ0v) is 18.0. The number of unbranched alkanes of at least 4 members (excludes halogenated alkanes) is 1. The summed E-state index contributed by atoms with van der Waals surface area (Å²) >= 11 is 0. The molecule has 0 aliphatic carbocycles. The average Bonchev–Trinajstić information content (AvgIpc) is 3.16. The number of rotatable bonds is 5. The van der Waals surface area contributed by atoms with Gasteiger partial charge in [-0.05, 0) is 43.0 Å². The minimum absolute atomic E-state index is 0.276. The Hall–Kier alpha value is -3.34. The number of hydrogen-bond acceptors (Lipinski definition) is 2. The highest BCUT2D eigenvalue weighted by atomic mass is 16.2. The first-order valence-electron chi connectivity index (χ1n) is 10.4. The Morgan fingerprint density at radius 3 is 2.17 bits per heavy atom. The number of benzene rings is 2. The SMILES string of the molecule is CCCCc1ccc(-n2cc3c(c2-c2ccc(C)cc2)c(=O)n(C)c(=O)n3C)cc1. The molecule has 0 saturated carbocycles. The molecule has 2 aromatic carbocycles. The molecule has 0 unspecified atom stereocenters. The van der Waals surface area contributed by atoms with Crippen LogP contribution in [0.15, 0.2) is 64.3 Å². The van der Waals surface area contributed by atoms with Crippen molar-refractivity contribution in [3.8, 4) is 16.9 Å². The monoisotopic (exact) mass is 401 g/mol. The predicted octanol–water partition coefficient (Wildman–Crippen LogP) is 4.35. The first-order valence-corrected chi connectivity index (χ1v) is 10.4. The van der Waals surface area contributed by atoms with Crippen molar-refractivity contribution >= 4 is 10.9 Å². The Morgan fingerprint density at radius 1 is 0.867 bits per heavy atom. The predicted molar refractivity (Wildman–Crippen MR) is 123 cm³/mol. The molecular formula is C25H27N3O2. The summed E-state index contributed by atoms with van der Waals surface area (Å²) in [4.78, 5) is 25.6. The third kappa shape index (κ3) is 3.30. The smallest absolute Gasteiger partial charge is 0.314 e. The van der Waals surface area contributed by atoms with Crippen LogP contribution in [0.3, 0.4) is 0 Å². The summed E-state index contributed by atoms with van der Waals surface area (Å²) in [5.41, 5.74) is 5.21. The van der Waals surface area contributed by atoms with Gasteiger partial charge in [-0.2, -0.15) is 0 Å². The van der Waals surface area contributed by atoms with Crippen molar-refractivity contribution in [3.05, 3.63) is 86.7 Å². The summed E-state index contributed by atoms with van der Waals surface area (Å²) in [6, 6.07) is 16.6. The van der Waals surface area contributed by atoms with Crippen LogP contribution < -0.4 is 11.2 Å². The number of hydrogen-bond donors (Lipinski definition) is 0. The topological polar surface area (TPSA) is 48.9 Å². The maximum Gasteiger partial charge on any atom is 0.330 e. The van der Waals surface area contributed by atoms with Crippen LogP contribution in [0.25, 0.3) is 27.8 Å². The van der Waals surface area contributed by atoms with Gasteiger partial charge in [0.1, 0.15) is 0 Å². The van der Waals surface area contributed by atoms with Crippen LogP contribution in [0.1, 0.15) is 30.9 Å². The average molecular weight is 402 g/mol. The second-order valence-electron chi connectivity index (χ2n) is 7.95. The summed E-state index contributed by atoms with van der Waals surface area (Å²) in [6.07, 6.45) is 5.29. The van der Waals surface area contributed by atoms with Gasteiger partial charge in [0.25, 0.3) is 5.56 Å². The molecule has 30 heavy (non-hydrogen) atoms. The molecule has 0 radical (unpaired) electrons. The first kappa shape index (κ1) is 20.0. The van der Waals surface area contributed by atoms with Gasteiger partial charge in [-0.25, -0.2) is 4.79 Å². The molecule has 5 heteroatoms. The summed E-state index contributed by atoms with van der Waals surface area (Å²) in [7, 11) is 3.24. The van der Waals surface area contributed by atoms with E-state index in [1.165, 1.54) is 30.0 Å². The van der Waals surface area contributed by atoms with Gasteiger partial charge in [0, 0.05) is 26.0 Å². The lowest BCUT2D eigenvalue weighted by molar-refractivity contribution is 0.714. The maximum absolute atomic E-state index is 13.1. The van der Waals surface area contributed by atoms with Gasteiger partial charge in [-0.15, -0.1) is 0 Å². The minimum atomic E-state index is -0.324. The van der Waals surface area contributed by atoms with E-state index in [-0.39, 0.29) is 11.2 Å². The Balaban J connectivity index is 2.01. The van der Waals surface area contributed by atoms with Gasteiger partial charge in [0.05, 0.1) is 16.6 Å². The molecule has 2 heterocycles. The molecule has 2 aromatic heterocycles. The zero-order valence-electron chi connectivity index (χ0n) is 18.0. The van der Waals surface area contributed by atoms with Crippen LogP contribution in [0, 0.1) is 6.92 Å². The molecule has 4 rings (SSSR count). The standard InChI is InChI=1S/C25H27N3O2/c1-5-6-7-18-10-14-20(15-11-18)28-16-21-22(24(29)27(4)25(30)26(21)3)23(28)19-12-8-17(2)9-13-19/h8-16H,5-7H2,1-4H3. The minimum Gasteiger partial charge on any atom is -0.314 e. The van der Waals surface area contributed by atoms with E-state index in [9.17, 15) is 9.59 Å². The van der Waals surface area contributed by atoms with E-state index < -0.39 is 0 Å². The van der Waals surface area contributed by atoms with Crippen LogP contribution in [-0.4, -0.2) is 13.7 Å². The van der Waals surface area contributed by atoms with E-state index in [2.05, 4.69) is 31.2 Å². The normalized spacial score (nSPS) is 11.3. The second kappa shape index (κ2) is 7.82. The lowest BCUT2D eigenvalue weighted by Crippen LogP contribution is -2.36. The highest BCUT2D eigenvalue weighted by Gasteiger charge is 2.20. The van der Waals surface area contributed by atoms with Gasteiger partial charge in [0.15, 0.2) is 0 Å². The van der Waals surface area contributed by atoms with Gasteiger partial charge in [-0.1, -0.05) is 55.3 Å². The van der Waals surface area contributed by atoms with Gasteiger partial charge in [0.2, 0.25) is 0 Å². The van der Waals surface area contributed by atoms with Crippen molar-refractivity contribution in [2.75, 3.05) is 0 Å². The Labute approximate surface area is 175 Å². The van der Waals surface area contributed by atoms with E-state index in [0.717, 1.165) is 28.9 Å². The van der Waals surface area contributed by atoms with Crippen molar-refractivity contribution in [1.82, 2.24) is 13.7 Å². The molecule has 0 aliphatic heterocycles. The number of aryl methyl sites for hydroxylation is 3. The summed E-state index contributed by atoms with van der Waals surface area (Å²) in [6.45, 7) is 4.23. The fourth-order valence-corrected chi connectivity index (χ4v) is 3.94. The van der Waals surface area contributed by atoms with E-state index >= 15 is 0 Å². The fraction of sp³-hybridized carbons (Fsp3) is 0.280. The first-order chi connectivity index (χ1) is 14.4. The van der Waals surface area contributed by atoms with E-state index in [1.807, 2.05) is 42.0 Å². The highest BCUT2D eigenvalue weighted by Crippen LogP contribution is 2.31. The van der Waals surface area contributed by atoms with Crippen molar-refractivity contribution in [3.63, 3.8) is 0 Å². The van der Waals surface area contributed by atoms with Crippen molar-refractivity contribution in [2.24, 2.45) is 14.1 Å². The molecule has 0 atom stereocenters. The Morgan fingerprint density at radius 2 is 1.53 bits per heavy atom. The molecular weight excluding hydrogens is 374 g/mol. The molecule has 0 saturated heterocycles. The number of fused-ring (bicyclic) bond motifs is 1. The molecule has 0 aliphatic rings. The summed E-state index contributed by atoms with van der Waals surface area (Å²) in [5, 5.41) is 0.554. The van der Waals surface area contributed by atoms with Crippen LogP contribution in [0.5, 0.6) is 0 Å². The molecule has 0 bridgehead atoms. The third-order valence-corrected chi connectivity index (χ3v) is 5.80. The Kier molecular flexibility index (Phi) is 5.20. The molecule has 0 spiro atoms. The molecule has 154 valence electrons. The molecule has 0 N–H and O–H groups in total. The molecule has 4 aromatic rings. The van der Waals surface area contributed by atoms with Gasteiger partial charge < -0.3 is 4.57 Å². The van der Waals surface area contributed by atoms with Crippen molar-refractivity contribution in [2.45, 2.75) is 33.1 Å². The number of nitrogens with zero attached hydrogens (tertiary/aromatic N) is 3. The molecule has 0 fully saturated rings. The fourth-order valence-electron chi connectivity index (χ4n) is 3.94. The maximum atomic E-state index is 13.1. The van der Waals surface area contributed by atoms with E-state index in [0.29, 0.717) is 10.9 Å². The lowest BCUT2D eigenvalue weighted by atomic mass is 10.1. The summed E-state index contributed by atoms with van der Waals surface area (Å²) in [5.74, 6) is 0. The largest absolute Gasteiger partial charge is 0.330 e.